The molecule has 0 aliphatic heterocycles. The summed E-state index contributed by atoms with van der Waals surface area (Å²) in [6, 6.07) is 10.8. The predicted molar refractivity (Wildman–Crippen MR) is 109 cm³/mol. The minimum absolute atomic E-state index is 0.187. The number of hydrogen-bond acceptors (Lipinski definition) is 4. The number of methoxy groups -OCH3 is 2. The molecule has 0 heterocycles. The Balaban J connectivity index is 1.96. The predicted octanol–water partition coefficient (Wildman–Crippen LogP) is 4.19. The fourth-order valence-electron chi connectivity index (χ4n) is 2.11. The lowest BCUT2D eigenvalue weighted by Crippen LogP contribution is -2.32. The number of thiocarbonyl (C=S) groups is 1. The summed E-state index contributed by atoms with van der Waals surface area (Å²) < 4.78 is 10.4. The largest absolute Gasteiger partial charge is 0.493 e. The Hall–Kier alpha value is -2.57. The number of hydrogen-bond donors (Lipinski definition) is 2. The van der Waals surface area contributed by atoms with Crippen molar-refractivity contribution in [2.75, 3.05) is 19.5 Å². The summed E-state index contributed by atoms with van der Waals surface area (Å²) in [5.74, 6) is 0.857. The second kappa shape index (κ2) is 9.22. The molecule has 5 nitrogen and oxygen atoms in total. The van der Waals surface area contributed by atoms with Crippen LogP contribution in [0.15, 0.2) is 42.5 Å². The molecule has 0 saturated heterocycles. The molecule has 1 amide bonds. The lowest BCUT2D eigenvalue weighted by molar-refractivity contribution is -0.115. The maximum Gasteiger partial charge on any atom is 0.250 e. The number of amides is 1. The van der Waals surface area contributed by atoms with Crippen molar-refractivity contribution in [2.45, 2.75) is 6.92 Å². The highest BCUT2D eigenvalue weighted by molar-refractivity contribution is 7.80. The number of halogens is 1. The third kappa shape index (κ3) is 5.47. The molecular formula is C19H19ClN2O3S. The van der Waals surface area contributed by atoms with Gasteiger partial charge in [-0.15, -0.1) is 0 Å². The Kier molecular flexibility index (Phi) is 7.00. The van der Waals surface area contributed by atoms with E-state index in [1.807, 2.05) is 25.1 Å². The second-order valence-electron chi connectivity index (χ2n) is 5.36. The van der Waals surface area contributed by atoms with Crippen molar-refractivity contribution in [3.63, 3.8) is 0 Å². The molecule has 2 aromatic carbocycles. The van der Waals surface area contributed by atoms with Gasteiger partial charge in [0.05, 0.1) is 14.2 Å². The molecule has 2 N–H and O–H groups in total. The van der Waals surface area contributed by atoms with Gasteiger partial charge in [0, 0.05) is 16.8 Å². The molecule has 0 bridgehead atoms. The molecule has 136 valence electrons. The van der Waals surface area contributed by atoms with E-state index in [4.69, 9.17) is 33.3 Å². The summed E-state index contributed by atoms with van der Waals surface area (Å²) in [6.07, 6.45) is 3.04. The highest BCUT2D eigenvalue weighted by atomic mass is 35.5. The highest BCUT2D eigenvalue weighted by Crippen LogP contribution is 2.27. The molecule has 0 aliphatic carbocycles. The van der Waals surface area contributed by atoms with Crippen LogP contribution in [0.5, 0.6) is 11.5 Å². The third-order valence-corrected chi connectivity index (χ3v) is 4.11. The summed E-state index contributed by atoms with van der Waals surface area (Å²) in [5, 5.41) is 6.31. The first-order chi connectivity index (χ1) is 12.4. The van der Waals surface area contributed by atoms with Gasteiger partial charge in [0.2, 0.25) is 5.91 Å². The standard InChI is InChI=1S/C19H19ClN2O3S/c1-12-4-7-14(11-15(12)20)21-19(26)22-18(23)9-6-13-5-8-16(24-2)17(10-13)25-3/h4-11H,1-3H3,(H2,21,22,23,26)/b9-6-. The summed E-state index contributed by atoms with van der Waals surface area (Å²) in [7, 11) is 3.12. The minimum Gasteiger partial charge on any atom is -0.493 e. The van der Waals surface area contributed by atoms with Crippen LogP contribution in [0.3, 0.4) is 0 Å². The van der Waals surface area contributed by atoms with E-state index in [0.29, 0.717) is 22.2 Å². The fraction of sp³-hybridized carbons (Fsp3) is 0.158. The molecule has 2 aromatic rings. The van der Waals surface area contributed by atoms with Crippen LogP contribution in [0.1, 0.15) is 11.1 Å². The number of carbonyl (C=O) groups is 1. The van der Waals surface area contributed by atoms with E-state index in [-0.39, 0.29) is 11.0 Å². The van der Waals surface area contributed by atoms with Crippen molar-refractivity contribution in [2.24, 2.45) is 0 Å². The van der Waals surface area contributed by atoms with Crippen LogP contribution in [0.25, 0.3) is 6.08 Å². The zero-order chi connectivity index (χ0) is 19.1. The van der Waals surface area contributed by atoms with Gasteiger partial charge in [-0.05, 0) is 60.6 Å². The lowest BCUT2D eigenvalue weighted by atomic mass is 10.2. The van der Waals surface area contributed by atoms with Gasteiger partial charge in [-0.1, -0.05) is 23.7 Å². The number of ether oxygens (including phenoxy) is 2. The van der Waals surface area contributed by atoms with Crippen LogP contribution < -0.4 is 20.1 Å². The van der Waals surface area contributed by atoms with Crippen molar-refractivity contribution in [3.8, 4) is 11.5 Å². The first-order valence-electron chi connectivity index (χ1n) is 7.71. The number of aryl methyl sites for hydroxylation is 1. The molecule has 26 heavy (non-hydrogen) atoms. The Labute approximate surface area is 163 Å². The van der Waals surface area contributed by atoms with Crippen molar-refractivity contribution in [3.05, 3.63) is 58.6 Å². The number of nitrogens with one attached hydrogen (secondary N) is 2. The Morgan fingerprint density at radius 3 is 2.50 bits per heavy atom. The van der Waals surface area contributed by atoms with Crippen LogP contribution >= 0.6 is 23.8 Å². The Bertz CT molecular complexity index is 853. The number of anilines is 1. The van der Waals surface area contributed by atoms with Gasteiger partial charge < -0.3 is 14.8 Å². The zero-order valence-electron chi connectivity index (χ0n) is 14.6. The zero-order valence-corrected chi connectivity index (χ0v) is 16.2. The van der Waals surface area contributed by atoms with Gasteiger partial charge in [-0.25, -0.2) is 0 Å². The van der Waals surface area contributed by atoms with E-state index in [1.54, 1.807) is 38.5 Å². The lowest BCUT2D eigenvalue weighted by Gasteiger charge is -2.09. The first-order valence-corrected chi connectivity index (χ1v) is 8.49. The topological polar surface area (TPSA) is 59.6 Å². The van der Waals surface area contributed by atoms with E-state index in [9.17, 15) is 4.79 Å². The summed E-state index contributed by atoms with van der Waals surface area (Å²) in [4.78, 5) is 12.0. The average molecular weight is 391 g/mol. The monoisotopic (exact) mass is 390 g/mol. The van der Waals surface area contributed by atoms with Gasteiger partial charge in [0.25, 0.3) is 0 Å². The number of rotatable bonds is 5. The molecule has 0 spiro atoms. The molecule has 0 radical (unpaired) electrons. The molecule has 0 atom stereocenters. The molecular weight excluding hydrogens is 372 g/mol. The summed E-state index contributed by atoms with van der Waals surface area (Å²) in [5.41, 5.74) is 2.46. The maximum atomic E-state index is 12.0. The van der Waals surface area contributed by atoms with Crippen LogP contribution in [-0.2, 0) is 4.79 Å². The number of benzene rings is 2. The van der Waals surface area contributed by atoms with Crippen LogP contribution in [0, 0.1) is 6.92 Å². The minimum atomic E-state index is -0.351. The number of carbonyl (C=O) groups excluding carboxylic acids is 1. The summed E-state index contributed by atoms with van der Waals surface area (Å²) >= 11 is 11.2. The average Bonchev–Trinajstić information content (AvgIpc) is 2.62. The van der Waals surface area contributed by atoms with Crippen LogP contribution in [0.2, 0.25) is 5.02 Å². The third-order valence-electron chi connectivity index (χ3n) is 3.50. The van der Waals surface area contributed by atoms with Gasteiger partial charge in [-0.3, -0.25) is 10.1 Å². The first kappa shape index (κ1) is 19.8. The quantitative estimate of drug-likeness (QED) is 0.592. The van der Waals surface area contributed by atoms with E-state index in [0.717, 1.165) is 11.1 Å². The van der Waals surface area contributed by atoms with E-state index in [2.05, 4.69) is 10.6 Å². The van der Waals surface area contributed by atoms with Crippen molar-refractivity contribution < 1.29 is 14.3 Å². The van der Waals surface area contributed by atoms with Crippen molar-refractivity contribution in [1.82, 2.24) is 5.32 Å². The van der Waals surface area contributed by atoms with Gasteiger partial charge >= 0.3 is 0 Å². The van der Waals surface area contributed by atoms with E-state index >= 15 is 0 Å². The van der Waals surface area contributed by atoms with E-state index in [1.165, 1.54) is 6.08 Å². The SMILES string of the molecule is COc1ccc(/C=C\C(=O)NC(=S)Nc2ccc(C)c(Cl)c2)cc1OC. The molecule has 0 fully saturated rings. The van der Waals surface area contributed by atoms with Crippen molar-refractivity contribution in [1.29, 1.82) is 0 Å². The van der Waals surface area contributed by atoms with Crippen LogP contribution in [0.4, 0.5) is 5.69 Å². The molecule has 7 heteroatoms. The van der Waals surface area contributed by atoms with Gasteiger partial charge in [-0.2, -0.15) is 0 Å². The van der Waals surface area contributed by atoms with Crippen molar-refractivity contribution >= 4 is 46.6 Å². The Morgan fingerprint density at radius 2 is 1.85 bits per heavy atom. The highest BCUT2D eigenvalue weighted by Gasteiger charge is 2.05. The Morgan fingerprint density at radius 1 is 1.12 bits per heavy atom. The normalized spacial score (nSPS) is 10.5. The molecule has 0 saturated carbocycles. The fourth-order valence-corrected chi connectivity index (χ4v) is 2.51. The smallest absolute Gasteiger partial charge is 0.250 e. The second-order valence-corrected chi connectivity index (χ2v) is 6.17. The summed E-state index contributed by atoms with van der Waals surface area (Å²) in [6.45, 7) is 1.91. The van der Waals surface area contributed by atoms with E-state index < -0.39 is 0 Å². The molecule has 2 rings (SSSR count). The molecule has 0 unspecified atom stereocenters. The maximum absolute atomic E-state index is 12.0. The van der Waals surface area contributed by atoms with Crippen LogP contribution in [-0.4, -0.2) is 25.2 Å². The van der Waals surface area contributed by atoms with Gasteiger partial charge in [0.1, 0.15) is 0 Å². The van der Waals surface area contributed by atoms with Gasteiger partial charge in [0.15, 0.2) is 16.6 Å². The molecule has 0 aliphatic rings. The molecule has 0 aromatic heterocycles.